The van der Waals surface area contributed by atoms with Crippen LogP contribution in [0.1, 0.15) is 46.5 Å². The van der Waals surface area contributed by atoms with E-state index in [1.165, 1.54) is 37.2 Å². The van der Waals surface area contributed by atoms with Crippen LogP contribution in [-0.4, -0.2) is 16.1 Å². The molecule has 1 aromatic rings. The highest BCUT2D eigenvalue weighted by Gasteiger charge is 2.29. The minimum absolute atomic E-state index is 0.486. The topological polar surface area (TPSA) is 37.8 Å². The quantitative estimate of drug-likeness (QED) is 0.890. The number of nitrogens with zero attached hydrogens (tertiary/aromatic N) is 2. The third kappa shape index (κ3) is 3.66. The first-order chi connectivity index (χ1) is 8.05. The van der Waals surface area contributed by atoms with Crippen molar-refractivity contribution >= 4 is 16.5 Å². The van der Waals surface area contributed by atoms with Crippen LogP contribution in [0.25, 0.3) is 0 Å². The Balaban J connectivity index is 1.72. The molecular weight excluding hydrogens is 230 g/mol. The molecule has 0 aromatic carbocycles. The van der Waals surface area contributed by atoms with Gasteiger partial charge < -0.3 is 5.32 Å². The summed E-state index contributed by atoms with van der Waals surface area (Å²) in [5, 5.41) is 8.38. The summed E-state index contributed by atoms with van der Waals surface area (Å²) in [6.07, 6.45) is 7.31. The summed E-state index contributed by atoms with van der Waals surface area (Å²) >= 11 is 1.44. The fraction of sp³-hybridized carbons (Fsp3) is 0.846. The second-order valence-electron chi connectivity index (χ2n) is 6.25. The Hall–Kier alpha value is -0.640. The van der Waals surface area contributed by atoms with Crippen LogP contribution in [0, 0.1) is 17.3 Å². The maximum Gasteiger partial charge on any atom is 0.130 e. The normalized spacial score (nSPS) is 25.8. The zero-order chi connectivity index (χ0) is 12.3. The lowest BCUT2D eigenvalue weighted by Crippen LogP contribution is -2.28. The molecule has 0 unspecified atom stereocenters. The average molecular weight is 253 g/mol. The van der Waals surface area contributed by atoms with Gasteiger partial charge in [0.05, 0.1) is 6.20 Å². The smallest absolute Gasteiger partial charge is 0.130 e. The predicted molar refractivity (Wildman–Crippen MR) is 73.3 cm³/mol. The van der Waals surface area contributed by atoms with Crippen molar-refractivity contribution in [3.63, 3.8) is 0 Å². The molecule has 0 bridgehead atoms. The van der Waals surface area contributed by atoms with Gasteiger partial charge in [0, 0.05) is 18.1 Å². The molecule has 4 heteroatoms. The molecule has 96 valence electrons. The van der Waals surface area contributed by atoms with Crippen LogP contribution in [0.3, 0.4) is 0 Å². The van der Waals surface area contributed by atoms with Crippen molar-refractivity contribution in [1.82, 2.24) is 9.59 Å². The monoisotopic (exact) mass is 253 g/mol. The molecule has 0 atom stereocenters. The van der Waals surface area contributed by atoms with Gasteiger partial charge in [-0.2, -0.15) is 0 Å². The van der Waals surface area contributed by atoms with Crippen LogP contribution in [-0.2, 0) is 0 Å². The van der Waals surface area contributed by atoms with Gasteiger partial charge >= 0.3 is 0 Å². The van der Waals surface area contributed by atoms with E-state index in [0.29, 0.717) is 5.41 Å². The minimum atomic E-state index is 0.486. The molecule has 1 heterocycles. The lowest BCUT2D eigenvalue weighted by molar-refractivity contribution is 0.153. The maximum atomic E-state index is 3.86. The van der Waals surface area contributed by atoms with Gasteiger partial charge in [-0.3, -0.25) is 0 Å². The molecular formula is C13H23N3S. The van der Waals surface area contributed by atoms with E-state index in [1.54, 1.807) is 0 Å². The van der Waals surface area contributed by atoms with Gasteiger partial charge in [0.15, 0.2) is 0 Å². The fourth-order valence-corrected chi connectivity index (χ4v) is 3.15. The second-order valence-corrected chi connectivity index (χ2v) is 7.03. The van der Waals surface area contributed by atoms with E-state index in [9.17, 15) is 0 Å². The zero-order valence-electron chi connectivity index (χ0n) is 11.1. The summed E-state index contributed by atoms with van der Waals surface area (Å²) in [6, 6.07) is 0. The van der Waals surface area contributed by atoms with Gasteiger partial charge in [0.1, 0.15) is 5.00 Å². The fourth-order valence-electron chi connectivity index (χ4n) is 2.72. The van der Waals surface area contributed by atoms with Crippen molar-refractivity contribution in [2.75, 3.05) is 11.9 Å². The highest BCUT2D eigenvalue weighted by Crippen LogP contribution is 2.39. The molecule has 1 aromatic heterocycles. The van der Waals surface area contributed by atoms with Crippen molar-refractivity contribution in [3.8, 4) is 0 Å². The summed E-state index contributed by atoms with van der Waals surface area (Å²) in [7, 11) is 0. The SMILES string of the molecule is CC(C)(C)C1CCC(CNc2cnns2)CC1. The first kappa shape index (κ1) is 12.8. The lowest BCUT2D eigenvalue weighted by atomic mass is 9.70. The Morgan fingerprint density at radius 2 is 2.00 bits per heavy atom. The number of nitrogens with one attached hydrogen (secondary N) is 1. The van der Waals surface area contributed by atoms with Crippen LogP contribution in [0.15, 0.2) is 6.20 Å². The van der Waals surface area contributed by atoms with E-state index < -0.39 is 0 Å². The van der Waals surface area contributed by atoms with Crippen molar-refractivity contribution in [2.45, 2.75) is 46.5 Å². The van der Waals surface area contributed by atoms with E-state index in [4.69, 9.17) is 0 Å². The van der Waals surface area contributed by atoms with E-state index >= 15 is 0 Å². The Labute approximate surface area is 108 Å². The number of aromatic nitrogens is 2. The van der Waals surface area contributed by atoms with Crippen LogP contribution in [0.4, 0.5) is 5.00 Å². The molecule has 1 aliphatic carbocycles. The summed E-state index contributed by atoms with van der Waals surface area (Å²) in [5.74, 6) is 1.74. The van der Waals surface area contributed by atoms with Gasteiger partial charge in [0.2, 0.25) is 0 Å². The molecule has 1 fully saturated rings. The van der Waals surface area contributed by atoms with Gasteiger partial charge in [-0.25, -0.2) is 0 Å². The molecule has 3 nitrogen and oxygen atoms in total. The van der Waals surface area contributed by atoms with Crippen LogP contribution in [0.2, 0.25) is 0 Å². The Morgan fingerprint density at radius 3 is 2.53 bits per heavy atom. The molecule has 1 saturated carbocycles. The second kappa shape index (κ2) is 5.34. The van der Waals surface area contributed by atoms with E-state index in [0.717, 1.165) is 23.4 Å². The molecule has 0 radical (unpaired) electrons. The highest BCUT2D eigenvalue weighted by molar-refractivity contribution is 7.09. The summed E-state index contributed by atoms with van der Waals surface area (Å²) in [5.41, 5.74) is 0.486. The number of hydrogen-bond acceptors (Lipinski definition) is 4. The van der Waals surface area contributed by atoms with Crippen LogP contribution in [0.5, 0.6) is 0 Å². The minimum Gasteiger partial charge on any atom is -0.374 e. The van der Waals surface area contributed by atoms with Gasteiger partial charge in [-0.15, -0.1) is 5.10 Å². The summed E-state index contributed by atoms with van der Waals surface area (Å²) < 4.78 is 3.86. The first-order valence-electron chi connectivity index (χ1n) is 6.57. The van der Waals surface area contributed by atoms with Crippen LogP contribution < -0.4 is 5.32 Å². The van der Waals surface area contributed by atoms with Crippen molar-refractivity contribution in [2.24, 2.45) is 17.3 Å². The van der Waals surface area contributed by atoms with E-state index in [2.05, 4.69) is 35.7 Å². The van der Waals surface area contributed by atoms with Gasteiger partial charge in [0.25, 0.3) is 0 Å². The number of hydrogen-bond donors (Lipinski definition) is 1. The Bertz CT molecular complexity index is 321. The van der Waals surface area contributed by atoms with E-state index in [-0.39, 0.29) is 0 Å². The molecule has 0 saturated heterocycles. The molecule has 0 spiro atoms. The largest absolute Gasteiger partial charge is 0.374 e. The average Bonchev–Trinajstić information content (AvgIpc) is 2.78. The lowest BCUT2D eigenvalue weighted by Gasteiger charge is -2.37. The van der Waals surface area contributed by atoms with Crippen molar-refractivity contribution < 1.29 is 0 Å². The molecule has 1 aliphatic rings. The summed E-state index contributed by atoms with van der Waals surface area (Å²) in [4.78, 5) is 0. The standard InChI is InChI=1S/C13H23N3S/c1-13(2,3)11-6-4-10(5-7-11)8-14-12-9-15-16-17-12/h9-11,14H,4-8H2,1-3H3. The molecule has 2 rings (SSSR count). The highest BCUT2D eigenvalue weighted by atomic mass is 32.1. The number of anilines is 1. The van der Waals surface area contributed by atoms with Crippen molar-refractivity contribution in [3.05, 3.63) is 6.20 Å². The molecule has 17 heavy (non-hydrogen) atoms. The third-order valence-electron chi connectivity index (χ3n) is 4.00. The van der Waals surface area contributed by atoms with Gasteiger partial charge in [-0.05, 0) is 42.9 Å². The Morgan fingerprint density at radius 1 is 1.29 bits per heavy atom. The van der Waals surface area contributed by atoms with Crippen LogP contribution >= 0.6 is 11.5 Å². The predicted octanol–water partition coefficient (Wildman–Crippen LogP) is 3.80. The van der Waals surface area contributed by atoms with Gasteiger partial charge in [-0.1, -0.05) is 25.3 Å². The third-order valence-corrected chi connectivity index (χ3v) is 4.62. The maximum absolute atomic E-state index is 3.86. The zero-order valence-corrected chi connectivity index (χ0v) is 11.9. The molecule has 1 N–H and O–H groups in total. The molecule has 0 amide bonds. The first-order valence-corrected chi connectivity index (χ1v) is 7.34. The Kier molecular flexibility index (Phi) is 4.02. The number of rotatable bonds is 3. The summed E-state index contributed by atoms with van der Waals surface area (Å²) in [6.45, 7) is 8.21. The van der Waals surface area contributed by atoms with Crippen molar-refractivity contribution in [1.29, 1.82) is 0 Å². The molecule has 0 aliphatic heterocycles. The van der Waals surface area contributed by atoms with E-state index in [1.807, 2.05) is 6.20 Å².